The van der Waals surface area contributed by atoms with Crippen molar-refractivity contribution in [3.63, 3.8) is 0 Å². The first-order chi connectivity index (χ1) is 13.8. The van der Waals surface area contributed by atoms with Gasteiger partial charge in [-0.2, -0.15) is 0 Å². The van der Waals surface area contributed by atoms with Gasteiger partial charge in [0, 0.05) is 31.0 Å². The van der Waals surface area contributed by atoms with Gasteiger partial charge in [-0.15, -0.1) is 10.2 Å². The zero-order valence-corrected chi connectivity index (χ0v) is 15.7. The van der Waals surface area contributed by atoms with Crippen LogP contribution in [0, 0.1) is 0 Å². The van der Waals surface area contributed by atoms with Gasteiger partial charge >= 0.3 is 0 Å². The number of benzene rings is 1. The van der Waals surface area contributed by atoms with E-state index in [0.717, 1.165) is 48.6 Å². The average molecular weight is 376 g/mol. The molecule has 5 rings (SSSR count). The Morgan fingerprint density at radius 1 is 0.929 bits per heavy atom. The molecular weight excluding hydrogens is 352 g/mol. The first-order valence-electron chi connectivity index (χ1n) is 10.1. The third kappa shape index (κ3) is 3.29. The van der Waals surface area contributed by atoms with Crippen molar-refractivity contribution >= 4 is 0 Å². The fraction of sp³-hybridized carbons (Fsp3) is 0.409. The highest BCUT2D eigenvalue weighted by Gasteiger charge is 2.31. The fourth-order valence-corrected chi connectivity index (χ4v) is 4.45. The summed E-state index contributed by atoms with van der Waals surface area (Å²) < 4.78 is 8.23. The lowest BCUT2D eigenvalue weighted by atomic mass is 9.86. The third-order valence-corrected chi connectivity index (χ3v) is 5.83. The summed E-state index contributed by atoms with van der Waals surface area (Å²) in [5.74, 6) is 2.94. The number of para-hydroxylation sites is 1. The molecule has 0 spiro atoms. The monoisotopic (exact) mass is 376 g/mol. The molecule has 28 heavy (non-hydrogen) atoms. The Morgan fingerprint density at radius 2 is 1.75 bits per heavy atom. The molecule has 144 valence electrons. The minimum atomic E-state index is -0.415. The molecular formula is C22H24N4O2. The van der Waals surface area contributed by atoms with Crippen LogP contribution in [0.2, 0.25) is 0 Å². The van der Waals surface area contributed by atoms with Gasteiger partial charge in [-0.05, 0) is 43.4 Å². The average Bonchev–Trinajstić information content (AvgIpc) is 3.06. The number of aliphatic hydroxyl groups excluding tert-OH is 1. The molecule has 1 saturated carbocycles. The summed E-state index contributed by atoms with van der Waals surface area (Å²) in [6, 6.07) is 14.0. The number of aliphatic hydroxyl groups is 1. The number of fused-ring (bicyclic) bond motifs is 3. The molecule has 1 aliphatic heterocycles. The SMILES string of the molecule is OC1Cc2ccccc2-n2c(nnc2[C@H]2CC[C@H](Oc3ccccn3)CC2)C1. The Kier molecular flexibility index (Phi) is 4.56. The lowest BCUT2D eigenvalue weighted by Crippen LogP contribution is -2.25. The van der Waals surface area contributed by atoms with E-state index < -0.39 is 6.10 Å². The molecule has 1 aromatic carbocycles. The van der Waals surface area contributed by atoms with E-state index in [0.29, 0.717) is 24.6 Å². The summed E-state index contributed by atoms with van der Waals surface area (Å²) in [4.78, 5) is 4.27. The van der Waals surface area contributed by atoms with Gasteiger partial charge < -0.3 is 9.84 Å². The van der Waals surface area contributed by atoms with E-state index in [1.165, 1.54) is 0 Å². The minimum absolute atomic E-state index is 0.201. The van der Waals surface area contributed by atoms with E-state index in [4.69, 9.17) is 4.74 Å². The van der Waals surface area contributed by atoms with Gasteiger partial charge in [-0.25, -0.2) is 4.98 Å². The van der Waals surface area contributed by atoms with Crippen molar-refractivity contribution in [2.75, 3.05) is 0 Å². The topological polar surface area (TPSA) is 73.1 Å². The van der Waals surface area contributed by atoms with Gasteiger partial charge in [0.1, 0.15) is 17.8 Å². The molecule has 0 bridgehead atoms. The van der Waals surface area contributed by atoms with E-state index in [2.05, 4.69) is 31.9 Å². The zero-order valence-electron chi connectivity index (χ0n) is 15.7. The van der Waals surface area contributed by atoms with Gasteiger partial charge in [-0.1, -0.05) is 24.3 Å². The van der Waals surface area contributed by atoms with Gasteiger partial charge in [0.15, 0.2) is 0 Å². The van der Waals surface area contributed by atoms with Crippen molar-refractivity contribution in [2.24, 2.45) is 0 Å². The number of pyridine rings is 1. The molecule has 6 nitrogen and oxygen atoms in total. The van der Waals surface area contributed by atoms with Crippen LogP contribution in [0.3, 0.4) is 0 Å². The quantitative estimate of drug-likeness (QED) is 0.760. The summed E-state index contributed by atoms with van der Waals surface area (Å²) in [6.07, 6.45) is 6.73. The van der Waals surface area contributed by atoms with Crippen LogP contribution in [0.4, 0.5) is 0 Å². The number of nitrogens with zero attached hydrogens (tertiary/aromatic N) is 4. The second-order valence-electron chi connectivity index (χ2n) is 7.76. The Morgan fingerprint density at radius 3 is 2.57 bits per heavy atom. The highest BCUT2D eigenvalue weighted by molar-refractivity contribution is 5.45. The Balaban J connectivity index is 1.37. The van der Waals surface area contributed by atoms with Crippen LogP contribution >= 0.6 is 0 Å². The number of ether oxygens (including phenoxy) is 1. The fourth-order valence-electron chi connectivity index (χ4n) is 4.45. The predicted molar refractivity (Wildman–Crippen MR) is 105 cm³/mol. The van der Waals surface area contributed by atoms with Crippen molar-refractivity contribution < 1.29 is 9.84 Å². The maximum atomic E-state index is 10.4. The van der Waals surface area contributed by atoms with Crippen LogP contribution in [0.25, 0.3) is 5.69 Å². The minimum Gasteiger partial charge on any atom is -0.474 e. The maximum absolute atomic E-state index is 10.4. The standard InChI is InChI=1S/C22H24N4O2/c27-17-13-16-5-1-2-6-19(16)26-20(14-17)24-25-22(26)15-8-10-18(11-9-15)28-21-7-3-4-12-23-21/h1-7,12,15,17-18,27H,8-11,13-14H2/t15-,17?,18-. The first kappa shape index (κ1) is 17.4. The van der Waals surface area contributed by atoms with E-state index in [1.807, 2.05) is 30.3 Å². The summed E-state index contributed by atoms with van der Waals surface area (Å²) in [5.41, 5.74) is 2.27. The molecule has 3 aromatic rings. The predicted octanol–water partition coefficient (Wildman–Crippen LogP) is 3.23. The number of rotatable bonds is 3. The van der Waals surface area contributed by atoms with Crippen molar-refractivity contribution in [1.82, 2.24) is 19.7 Å². The molecule has 0 amide bonds. The second-order valence-corrected chi connectivity index (χ2v) is 7.76. The number of hydrogen-bond acceptors (Lipinski definition) is 5. The van der Waals surface area contributed by atoms with Gasteiger partial charge in [-0.3, -0.25) is 4.57 Å². The molecule has 1 aliphatic carbocycles. The van der Waals surface area contributed by atoms with Gasteiger partial charge in [0.25, 0.3) is 0 Å². The highest BCUT2D eigenvalue weighted by Crippen LogP contribution is 2.36. The Hall–Kier alpha value is -2.73. The molecule has 0 radical (unpaired) electrons. The van der Waals surface area contributed by atoms with E-state index in [-0.39, 0.29) is 6.10 Å². The smallest absolute Gasteiger partial charge is 0.213 e. The first-order valence-corrected chi connectivity index (χ1v) is 10.1. The summed E-state index contributed by atoms with van der Waals surface area (Å²) in [5, 5.41) is 19.4. The Bertz CT molecular complexity index is 948. The third-order valence-electron chi connectivity index (χ3n) is 5.83. The van der Waals surface area contributed by atoms with Crippen molar-refractivity contribution in [2.45, 2.75) is 56.7 Å². The summed E-state index contributed by atoms with van der Waals surface area (Å²) >= 11 is 0. The molecule has 6 heteroatoms. The summed E-state index contributed by atoms with van der Waals surface area (Å²) in [7, 11) is 0. The zero-order chi connectivity index (χ0) is 18.9. The van der Waals surface area contributed by atoms with Crippen LogP contribution in [-0.4, -0.2) is 37.1 Å². The van der Waals surface area contributed by atoms with Crippen molar-refractivity contribution in [1.29, 1.82) is 0 Å². The Labute approximate surface area is 164 Å². The van der Waals surface area contributed by atoms with Crippen LogP contribution in [-0.2, 0) is 12.8 Å². The molecule has 3 heterocycles. The van der Waals surface area contributed by atoms with E-state index >= 15 is 0 Å². The lowest BCUT2D eigenvalue weighted by molar-refractivity contribution is 0.139. The van der Waals surface area contributed by atoms with Crippen LogP contribution in [0.5, 0.6) is 5.88 Å². The number of aromatic nitrogens is 4. The summed E-state index contributed by atoms with van der Waals surface area (Å²) in [6.45, 7) is 0. The van der Waals surface area contributed by atoms with Crippen molar-refractivity contribution in [3.05, 3.63) is 65.9 Å². The van der Waals surface area contributed by atoms with Gasteiger partial charge in [0.05, 0.1) is 11.8 Å². The molecule has 2 aromatic heterocycles. The second kappa shape index (κ2) is 7.36. The van der Waals surface area contributed by atoms with E-state index in [9.17, 15) is 5.11 Å². The normalized spacial score (nSPS) is 24.1. The van der Waals surface area contributed by atoms with Crippen LogP contribution in [0.15, 0.2) is 48.7 Å². The van der Waals surface area contributed by atoms with Gasteiger partial charge in [0.2, 0.25) is 5.88 Å². The molecule has 1 atom stereocenters. The van der Waals surface area contributed by atoms with E-state index in [1.54, 1.807) is 6.20 Å². The van der Waals surface area contributed by atoms with Crippen LogP contribution < -0.4 is 4.74 Å². The maximum Gasteiger partial charge on any atom is 0.213 e. The molecule has 1 fully saturated rings. The molecule has 1 N–H and O–H groups in total. The molecule has 0 saturated heterocycles. The van der Waals surface area contributed by atoms with Crippen LogP contribution in [0.1, 0.15) is 48.8 Å². The van der Waals surface area contributed by atoms with Crippen molar-refractivity contribution in [3.8, 4) is 11.6 Å². The molecule has 2 aliphatic rings. The lowest BCUT2D eigenvalue weighted by Gasteiger charge is -2.28. The highest BCUT2D eigenvalue weighted by atomic mass is 16.5. The molecule has 1 unspecified atom stereocenters. The largest absolute Gasteiger partial charge is 0.474 e. The number of hydrogen-bond donors (Lipinski definition) is 1.